The number of hydrogen-bond acceptors (Lipinski definition) is 5. The lowest BCUT2D eigenvalue weighted by Crippen LogP contribution is -2.14. The van der Waals surface area contributed by atoms with Crippen LogP contribution in [0.25, 0.3) is 11.0 Å². The average molecular weight is 374 g/mol. The molecule has 7 nitrogen and oxygen atoms in total. The molecule has 0 saturated heterocycles. The number of hydrogen-bond donors (Lipinski definition) is 3. The molecule has 3 aromatic carbocycles. The highest BCUT2D eigenvalue weighted by molar-refractivity contribution is 5.86. The minimum absolute atomic E-state index is 0.187. The lowest BCUT2D eigenvalue weighted by atomic mass is 10.2. The molecule has 1 amide bonds. The number of ether oxygens (including phenoxy) is 2. The first kappa shape index (κ1) is 17.4. The number of carbonyl (C=O) groups is 1. The fourth-order valence-corrected chi connectivity index (χ4v) is 2.64. The van der Waals surface area contributed by atoms with Gasteiger partial charge in [0.15, 0.2) is 0 Å². The third-order valence-electron chi connectivity index (χ3n) is 4.00. The predicted molar refractivity (Wildman–Crippen MR) is 107 cm³/mol. The van der Waals surface area contributed by atoms with E-state index in [2.05, 4.69) is 15.3 Å². The van der Waals surface area contributed by atoms with Crippen LogP contribution in [0.1, 0.15) is 5.56 Å². The number of nitrogens with two attached hydrogens (primary N) is 1. The van der Waals surface area contributed by atoms with Crippen LogP contribution in [-0.2, 0) is 11.3 Å². The maximum Gasteiger partial charge on any atom is 0.414 e. The number of anilines is 2. The normalized spacial score (nSPS) is 10.6. The molecular formula is C21H18N4O3. The number of aromatic amines is 1. The zero-order valence-corrected chi connectivity index (χ0v) is 14.9. The van der Waals surface area contributed by atoms with Crippen molar-refractivity contribution in [3.05, 3.63) is 78.4 Å². The summed E-state index contributed by atoms with van der Waals surface area (Å²) in [5.41, 5.74) is 8.68. The van der Waals surface area contributed by atoms with Crippen molar-refractivity contribution < 1.29 is 14.3 Å². The highest BCUT2D eigenvalue weighted by Crippen LogP contribution is 2.26. The first-order valence-corrected chi connectivity index (χ1v) is 8.66. The summed E-state index contributed by atoms with van der Waals surface area (Å²) in [6, 6.07) is 22.0. The number of rotatable bonds is 5. The minimum Gasteiger partial charge on any atom is -0.457 e. The number of amides is 1. The number of imidazole rings is 1. The minimum atomic E-state index is -0.582. The van der Waals surface area contributed by atoms with Crippen LogP contribution >= 0.6 is 0 Å². The summed E-state index contributed by atoms with van der Waals surface area (Å²) < 4.78 is 11.0. The number of aromatic nitrogens is 2. The summed E-state index contributed by atoms with van der Waals surface area (Å²) in [4.78, 5) is 19.3. The molecule has 0 fully saturated rings. The van der Waals surface area contributed by atoms with E-state index in [4.69, 9.17) is 15.2 Å². The summed E-state index contributed by atoms with van der Waals surface area (Å²) in [7, 11) is 0. The molecule has 0 radical (unpaired) electrons. The van der Waals surface area contributed by atoms with E-state index in [1.54, 1.807) is 42.5 Å². The molecule has 0 unspecified atom stereocenters. The molecule has 0 aliphatic rings. The van der Waals surface area contributed by atoms with Gasteiger partial charge in [0.1, 0.15) is 18.1 Å². The largest absolute Gasteiger partial charge is 0.457 e. The molecule has 0 aliphatic carbocycles. The second-order valence-corrected chi connectivity index (χ2v) is 6.12. The Morgan fingerprint density at radius 1 is 1.00 bits per heavy atom. The Bertz CT molecular complexity index is 1090. The van der Waals surface area contributed by atoms with E-state index < -0.39 is 6.09 Å². The number of carbonyl (C=O) groups excluding carboxylic acids is 1. The van der Waals surface area contributed by atoms with E-state index in [1.165, 1.54) is 0 Å². The van der Waals surface area contributed by atoms with E-state index in [1.807, 2.05) is 30.3 Å². The second-order valence-electron chi connectivity index (χ2n) is 6.12. The molecule has 7 heteroatoms. The monoisotopic (exact) mass is 374 g/mol. The van der Waals surface area contributed by atoms with Crippen molar-refractivity contribution >= 4 is 28.8 Å². The Balaban J connectivity index is 1.41. The molecular weight excluding hydrogens is 356 g/mol. The molecule has 0 aliphatic heterocycles. The molecule has 28 heavy (non-hydrogen) atoms. The molecule has 4 N–H and O–H groups in total. The maximum atomic E-state index is 12.0. The fourth-order valence-electron chi connectivity index (χ4n) is 2.64. The summed E-state index contributed by atoms with van der Waals surface area (Å²) >= 11 is 0. The van der Waals surface area contributed by atoms with Crippen LogP contribution in [0, 0.1) is 0 Å². The van der Waals surface area contributed by atoms with Gasteiger partial charge in [0.2, 0.25) is 5.95 Å². The second kappa shape index (κ2) is 7.71. The number of benzene rings is 3. The van der Waals surface area contributed by atoms with Crippen LogP contribution in [0.2, 0.25) is 0 Å². The van der Waals surface area contributed by atoms with Crippen molar-refractivity contribution in [2.45, 2.75) is 6.61 Å². The number of nitrogens with one attached hydrogen (secondary N) is 2. The zero-order valence-electron chi connectivity index (χ0n) is 14.9. The van der Waals surface area contributed by atoms with Crippen LogP contribution in [0.15, 0.2) is 72.8 Å². The first-order chi connectivity index (χ1) is 13.7. The van der Waals surface area contributed by atoms with Crippen molar-refractivity contribution in [1.82, 2.24) is 9.97 Å². The van der Waals surface area contributed by atoms with Gasteiger partial charge in [-0.05, 0) is 42.0 Å². The van der Waals surface area contributed by atoms with E-state index >= 15 is 0 Å². The van der Waals surface area contributed by atoms with Gasteiger partial charge in [0.05, 0.1) is 11.0 Å². The van der Waals surface area contributed by atoms with E-state index in [0.717, 1.165) is 11.1 Å². The topological polar surface area (TPSA) is 102 Å². The van der Waals surface area contributed by atoms with Gasteiger partial charge < -0.3 is 20.2 Å². The Labute approximate surface area is 161 Å². The summed E-state index contributed by atoms with van der Waals surface area (Å²) in [5, 5.41) is 2.59. The fraction of sp³-hybridized carbons (Fsp3) is 0.0476. The molecule has 4 aromatic rings. The number of nitrogens with zero attached hydrogens (tertiary/aromatic N) is 1. The van der Waals surface area contributed by atoms with Crippen molar-refractivity contribution in [1.29, 1.82) is 0 Å². The van der Waals surface area contributed by atoms with Crippen molar-refractivity contribution in [3.8, 4) is 11.5 Å². The van der Waals surface area contributed by atoms with Crippen molar-refractivity contribution in [3.63, 3.8) is 0 Å². The molecule has 0 bridgehead atoms. The third kappa shape index (κ3) is 4.21. The van der Waals surface area contributed by atoms with Gasteiger partial charge in [0, 0.05) is 11.8 Å². The molecule has 4 rings (SSSR count). The van der Waals surface area contributed by atoms with Gasteiger partial charge in [-0.3, -0.25) is 5.32 Å². The molecule has 1 heterocycles. The Hall–Kier alpha value is -4.00. The molecule has 140 valence electrons. The van der Waals surface area contributed by atoms with Crippen molar-refractivity contribution in [2.75, 3.05) is 11.1 Å². The quantitative estimate of drug-likeness (QED) is 0.440. The smallest absolute Gasteiger partial charge is 0.414 e. The number of fused-ring (bicyclic) bond motifs is 1. The van der Waals surface area contributed by atoms with E-state index in [-0.39, 0.29) is 6.61 Å². The van der Waals surface area contributed by atoms with Gasteiger partial charge in [-0.15, -0.1) is 0 Å². The summed E-state index contributed by atoms with van der Waals surface area (Å²) in [5.74, 6) is 1.62. The average Bonchev–Trinajstić information content (AvgIpc) is 3.10. The van der Waals surface area contributed by atoms with E-state index in [9.17, 15) is 4.79 Å². The van der Waals surface area contributed by atoms with Gasteiger partial charge in [-0.2, -0.15) is 0 Å². The molecule has 0 saturated carbocycles. The SMILES string of the molecule is Nc1ccc(Oc2ccc3nc(NC(=O)OCc4ccccc4)[nH]c3c2)cc1. The predicted octanol–water partition coefficient (Wildman–Crippen LogP) is 4.69. The van der Waals surface area contributed by atoms with E-state index in [0.29, 0.717) is 28.7 Å². The Morgan fingerprint density at radius 2 is 1.75 bits per heavy atom. The maximum absolute atomic E-state index is 12.0. The third-order valence-corrected chi connectivity index (χ3v) is 4.00. The van der Waals surface area contributed by atoms with Gasteiger partial charge >= 0.3 is 6.09 Å². The molecule has 1 aromatic heterocycles. The first-order valence-electron chi connectivity index (χ1n) is 8.66. The van der Waals surface area contributed by atoms with Crippen LogP contribution in [-0.4, -0.2) is 16.1 Å². The highest BCUT2D eigenvalue weighted by Gasteiger charge is 2.09. The number of H-pyrrole nitrogens is 1. The summed E-state index contributed by atoms with van der Waals surface area (Å²) in [6.45, 7) is 0.187. The standard InChI is InChI=1S/C21H18N4O3/c22-15-6-8-16(9-7-15)28-17-10-11-18-19(12-17)24-20(23-18)25-21(26)27-13-14-4-2-1-3-5-14/h1-12H,13,22H2,(H2,23,24,25,26). The van der Waals surface area contributed by atoms with Gasteiger partial charge in [-0.25, -0.2) is 9.78 Å². The molecule has 0 spiro atoms. The van der Waals surface area contributed by atoms with Crippen molar-refractivity contribution in [2.24, 2.45) is 0 Å². The van der Waals surface area contributed by atoms with Crippen LogP contribution < -0.4 is 15.8 Å². The van der Waals surface area contributed by atoms with Crippen LogP contribution in [0.4, 0.5) is 16.4 Å². The Morgan fingerprint density at radius 3 is 2.54 bits per heavy atom. The Kier molecular flexibility index (Phi) is 4.79. The lowest BCUT2D eigenvalue weighted by Gasteiger charge is -2.05. The van der Waals surface area contributed by atoms with Crippen LogP contribution in [0.5, 0.6) is 11.5 Å². The van der Waals surface area contributed by atoms with Gasteiger partial charge in [-0.1, -0.05) is 30.3 Å². The summed E-state index contributed by atoms with van der Waals surface area (Å²) in [6.07, 6.45) is -0.582. The van der Waals surface area contributed by atoms with Crippen LogP contribution in [0.3, 0.4) is 0 Å². The number of nitrogen functional groups attached to an aromatic ring is 1. The van der Waals surface area contributed by atoms with Gasteiger partial charge in [0.25, 0.3) is 0 Å². The lowest BCUT2D eigenvalue weighted by molar-refractivity contribution is 0.155. The zero-order chi connectivity index (χ0) is 19.3. The highest BCUT2D eigenvalue weighted by atomic mass is 16.5. The molecule has 0 atom stereocenters.